The number of aromatic nitrogens is 1. The molecule has 2 aromatic rings. The van der Waals surface area contributed by atoms with Crippen molar-refractivity contribution in [3.63, 3.8) is 0 Å². The van der Waals surface area contributed by atoms with Gasteiger partial charge in [0.15, 0.2) is 0 Å². The van der Waals surface area contributed by atoms with Crippen LogP contribution in [0, 0.1) is 0 Å². The van der Waals surface area contributed by atoms with E-state index in [0.717, 1.165) is 30.2 Å². The molecular weight excluding hydrogens is 406 g/mol. The molecule has 0 saturated carbocycles. The van der Waals surface area contributed by atoms with E-state index in [9.17, 15) is 8.42 Å². The Morgan fingerprint density at radius 2 is 1.83 bits per heavy atom. The summed E-state index contributed by atoms with van der Waals surface area (Å²) in [6.45, 7) is 12.4. The van der Waals surface area contributed by atoms with Gasteiger partial charge in [-0.2, -0.15) is 4.31 Å². The van der Waals surface area contributed by atoms with Crippen LogP contribution in [0.2, 0.25) is 0 Å². The van der Waals surface area contributed by atoms with Gasteiger partial charge in [0.1, 0.15) is 5.75 Å². The van der Waals surface area contributed by atoms with Gasteiger partial charge in [0.25, 0.3) is 0 Å². The lowest BCUT2D eigenvalue weighted by molar-refractivity contribution is 0.275. The van der Waals surface area contributed by atoms with Crippen LogP contribution in [0.4, 0.5) is 0 Å². The first kappa shape index (κ1) is 22.2. The van der Waals surface area contributed by atoms with Crippen molar-refractivity contribution in [2.45, 2.75) is 51.0 Å². The second-order valence-corrected chi connectivity index (χ2v) is 11.1. The zero-order chi connectivity index (χ0) is 21.1. The smallest absolute Gasteiger partial charge is 0.243 e. The topological polar surface area (TPSA) is 62.7 Å². The monoisotopic (exact) mass is 437 g/mol. The summed E-state index contributed by atoms with van der Waals surface area (Å²) in [6.07, 6.45) is 0.812. The summed E-state index contributed by atoms with van der Waals surface area (Å²) in [4.78, 5) is 7.40. The van der Waals surface area contributed by atoms with Crippen LogP contribution in [-0.4, -0.2) is 55.4 Å². The van der Waals surface area contributed by atoms with Gasteiger partial charge in [-0.05, 0) is 44.2 Å². The van der Waals surface area contributed by atoms with Crippen molar-refractivity contribution >= 4 is 21.4 Å². The fourth-order valence-electron chi connectivity index (χ4n) is 3.32. The van der Waals surface area contributed by atoms with Crippen LogP contribution in [0.5, 0.6) is 5.75 Å². The highest BCUT2D eigenvalue weighted by Gasteiger charge is 2.27. The maximum Gasteiger partial charge on any atom is 0.243 e. The second-order valence-electron chi connectivity index (χ2n) is 8.33. The van der Waals surface area contributed by atoms with Crippen molar-refractivity contribution < 1.29 is 13.2 Å². The maximum absolute atomic E-state index is 13.0. The normalized spacial score (nSPS) is 17.2. The van der Waals surface area contributed by atoms with Gasteiger partial charge in [0.05, 0.1) is 22.2 Å². The first-order chi connectivity index (χ1) is 13.7. The van der Waals surface area contributed by atoms with E-state index in [0.29, 0.717) is 36.9 Å². The van der Waals surface area contributed by atoms with Gasteiger partial charge in [-0.3, -0.25) is 4.90 Å². The van der Waals surface area contributed by atoms with Crippen LogP contribution in [0.3, 0.4) is 0 Å². The number of nitrogens with zero attached hydrogens (tertiary/aromatic N) is 3. The summed E-state index contributed by atoms with van der Waals surface area (Å²) < 4.78 is 33.1. The molecule has 3 rings (SSSR count). The number of ether oxygens (including phenoxy) is 1. The fraction of sp³-hybridized carbons (Fsp3) is 0.571. The van der Waals surface area contributed by atoms with Gasteiger partial charge >= 0.3 is 0 Å². The summed E-state index contributed by atoms with van der Waals surface area (Å²) in [5.41, 5.74) is 1.13. The average molecular weight is 438 g/mol. The van der Waals surface area contributed by atoms with Crippen molar-refractivity contribution in [2.24, 2.45) is 0 Å². The Hall–Kier alpha value is -1.48. The van der Waals surface area contributed by atoms with Crippen LogP contribution >= 0.6 is 11.3 Å². The minimum atomic E-state index is -3.49. The van der Waals surface area contributed by atoms with Crippen LogP contribution in [0.1, 0.15) is 44.8 Å². The number of rotatable bonds is 6. The molecule has 6 nitrogen and oxygen atoms in total. The Balaban J connectivity index is 1.63. The molecule has 29 heavy (non-hydrogen) atoms. The summed E-state index contributed by atoms with van der Waals surface area (Å²) in [6, 6.07) is 6.70. The molecule has 2 heterocycles. The predicted molar refractivity (Wildman–Crippen MR) is 117 cm³/mol. The number of hydrogen-bond acceptors (Lipinski definition) is 6. The maximum atomic E-state index is 13.0. The molecule has 1 aromatic heterocycles. The highest BCUT2D eigenvalue weighted by Crippen LogP contribution is 2.26. The third-order valence-electron chi connectivity index (χ3n) is 4.90. The van der Waals surface area contributed by atoms with E-state index >= 15 is 0 Å². The molecule has 160 valence electrons. The largest absolute Gasteiger partial charge is 0.494 e. The van der Waals surface area contributed by atoms with Gasteiger partial charge in [-0.1, -0.05) is 20.8 Å². The Labute approximate surface area is 178 Å². The lowest BCUT2D eigenvalue weighted by Gasteiger charge is -2.21. The van der Waals surface area contributed by atoms with E-state index in [1.165, 1.54) is 0 Å². The molecule has 1 fully saturated rings. The first-order valence-corrected chi connectivity index (χ1v) is 12.4. The third-order valence-corrected chi connectivity index (χ3v) is 8.13. The molecule has 0 radical (unpaired) electrons. The molecule has 0 aliphatic carbocycles. The van der Waals surface area contributed by atoms with E-state index in [1.54, 1.807) is 39.9 Å². The molecule has 0 spiro atoms. The quantitative estimate of drug-likeness (QED) is 0.689. The van der Waals surface area contributed by atoms with Crippen LogP contribution in [-0.2, 0) is 22.0 Å². The van der Waals surface area contributed by atoms with Gasteiger partial charge in [0.2, 0.25) is 10.0 Å². The van der Waals surface area contributed by atoms with Crippen molar-refractivity contribution in [2.75, 3.05) is 32.8 Å². The predicted octanol–water partition coefficient (Wildman–Crippen LogP) is 3.74. The molecule has 1 saturated heterocycles. The fourth-order valence-corrected chi connectivity index (χ4v) is 5.69. The number of thiazole rings is 1. The highest BCUT2D eigenvalue weighted by molar-refractivity contribution is 7.89. The molecule has 0 N–H and O–H groups in total. The molecule has 1 aliphatic heterocycles. The van der Waals surface area contributed by atoms with Gasteiger partial charge in [-0.15, -0.1) is 11.3 Å². The minimum Gasteiger partial charge on any atom is -0.494 e. The van der Waals surface area contributed by atoms with E-state index in [2.05, 4.69) is 31.1 Å². The second kappa shape index (κ2) is 9.12. The van der Waals surface area contributed by atoms with Crippen LogP contribution < -0.4 is 4.74 Å². The number of benzene rings is 1. The standard InChI is InChI=1S/C21H31N3O3S2/c1-5-27-18-7-9-19(10-8-18)29(25,26)24-12-6-11-23(13-14-24)15-17-16-28-20(22-17)21(2,3)4/h7-10,16H,5-6,11-15H2,1-4H3. The van der Waals surface area contributed by atoms with Gasteiger partial charge in [-0.25, -0.2) is 13.4 Å². The molecule has 1 aliphatic rings. The summed E-state index contributed by atoms with van der Waals surface area (Å²) >= 11 is 1.70. The average Bonchev–Trinajstić information content (AvgIpc) is 3.01. The van der Waals surface area contributed by atoms with Crippen LogP contribution in [0.15, 0.2) is 34.5 Å². The van der Waals surface area contributed by atoms with Crippen molar-refractivity contribution in [3.8, 4) is 5.75 Å². The molecule has 1 aromatic carbocycles. The van der Waals surface area contributed by atoms with Gasteiger partial charge < -0.3 is 4.74 Å². The highest BCUT2D eigenvalue weighted by atomic mass is 32.2. The minimum absolute atomic E-state index is 0.0598. The molecule has 0 unspecified atom stereocenters. The summed E-state index contributed by atoms with van der Waals surface area (Å²) in [5.74, 6) is 0.686. The van der Waals surface area contributed by atoms with Crippen molar-refractivity contribution in [3.05, 3.63) is 40.3 Å². The third kappa shape index (κ3) is 5.57. The Bertz CT molecular complexity index is 902. The molecule has 8 heteroatoms. The first-order valence-electron chi connectivity index (χ1n) is 10.1. The number of hydrogen-bond donors (Lipinski definition) is 0. The van der Waals surface area contributed by atoms with Crippen molar-refractivity contribution in [1.29, 1.82) is 0 Å². The molecule has 0 bridgehead atoms. The summed E-state index contributed by atoms with van der Waals surface area (Å²) in [7, 11) is -3.49. The lowest BCUT2D eigenvalue weighted by Crippen LogP contribution is -2.35. The Kier molecular flexibility index (Phi) is 6.98. The molecular formula is C21H31N3O3S2. The lowest BCUT2D eigenvalue weighted by atomic mass is 9.98. The molecule has 0 amide bonds. The van der Waals surface area contributed by atoms with E-state index in [-0.39, 0.29) is 5.41 Å². The number of sulfonamides is 1. The zero-order valence-electron chi connectivity index (χ0n) is 17.7. The van der Waals surface area contributed by atoms with Crippen molar-refractivity contribution in [1.82, 2.24) is 14.2 Å². The van der Waals surface area contributed by atoms with Crippen LogP contribution in [0.25, 0.3) is 0 Å². The van der Waals surface area contributed by atoms with E-state index < -0.39 is 10.0 Å². The zero-order valence-corrected chi connectivity index (χ0v) is 19.4. The SMILES string of the molecule is CCOc1ccc(S(=O)(=O)N2CCCN(Cc3csc(C(C)(C)C)n3)CC2)cc1. The molecule has 0 atom stereocenters. The van der Waals surface area contributed by atoms with E-state index in [1.807, 2.05) is 6.92 Å². The summed E-state index contributed by atoms with van der Waals surface area (Å²) in [5, 5.41) is 3.27. The van der Waals surface area contributed by atoms with Gasteiger partial charge in [0, 0.05) is 37.0 Å². The Morgan fingerprint density at radius 3 is 2.45 bits per heavy atom. The van der Waals surface area contributed by atoms with E-state index in [4.69, 9.17) is 9.72 Å². The Morgan fingerprint density at radius 1 is 1.10 bits per heavy atom.